The van der Waals surface area contributed by atoms with Gasteiger partial charge >= 0.3 is 12.4 Å². The van der Waals surface area contributed by atoms with E-state index in [2.05, 4.69) is 0 Å². The molecule has 2 N–H and O–H groups in total. The van der Waals surface area contributed by atoms with Gasteiger partial charge in [0.1, 0.15) is 0 Å². The summed E-state index contributed by atoms with van der Waals surface area (Å²) >= 11 is 0. The zero-order valence-electron chi connectivity index (χ0n) is 10.8. The van der Waals surface area contributed by atoms with Gasteiger partial charge in [0.2, 0.25) is 0 Å². The lowest BCUT2D eigenvalue weighted by atomic mass is 9.94. The van der Waals surface area contributed by atoms with E-state index in [1.54, 1.807) is 0 Å². The SMILES string of the molecule is CCCC[C@H](N)c1ccc(C(F)(F)F)cc1C(F)(F)F. The highest BCUT2D eigenvalue weighted by molar-refractivity contribution is 5.37. The van der Waals surface area contributed by atoms with Gasteiger partial charge in [0.25, 0.3) is 0 Å². The highest BCUT2D eigenvalue weighted by Gasteiger charge is 2.38. The molecule has 20 heavy (non-hydrogen) atoms. The molecule has 0 bridgehead atoms. The quantitative estimate of drug-likeness (QED) is 0.785. The molecule has 1 aromatic carbocycles. The second-order valence-electron chi connectivity index (χ2n) is 4.55. The van der Waals surface area contributed by atoms with Gasteiger partial charge in [-0.25, -0.2) is 0 Å². The predicted molar refractivity (Wildman–Crippen MR) is 62.9 cm³/mol. The van der Waals surface area contributed by atoms with E-state index in [0.29, 0.717) is 18.9 Å². The van der Waals surface area contributed by atoms with Crippen LogP contribution in [0.15, 0.2) is 18.2 Å². The fourth-order valence-electron chi connectivity index (χ4n) is 1.88. The Hall–Kier alpha value is -1.24. The number of rotatable bonds is 4. The van der Waals surface area contributed by atoms with Gasteiger partial charge in [0.05, 0.1) is 11.1 Å². The third-order valence-electron chi connectivity index (χ3n) is 2.95. The van der Waals surface area contributed by atoms with Crippen LogP contribution in [0.1, 0.15) is 48.9 Å². The molecular weight excluding hydrogens is 284 g/mol. The van der Waals surface area contributed by atoms with E-state index < -0.39 is 29.5 Å². The van der Waals surface area contributed by atoms with Crippen LogP contribution in [-0.4, -0.2) is 0 Å². The summed E-state index contributed by atoms with van der Waals surface area (Å²) in [5.74, 6) is 0. The molecule has 0 aliphatic carbocycles. The van der Waals surface area contributed by atoms with Crippen molar-refractivity contribution < 1.29 is 26.3 Å². The Labute approximate surface area is 112 Å². The van der Waals surface area contributed by atoms with E-state index in [4.69, 9.17) is 5.73 Å². The van der Waals surface area contributed by atoms with Crippen molar-refractivity contribution >= 4 is 0 Å². The summed E-state index contributed by atoms with van der Waals surface area (Å²) < 4.78 is 76.1. The molecule has 0 aliphatic rings. The van der Waals surface area contributed by atoms with E-state index >= 15 is 0 Å². The van der Waals surface area contributed by atoms with Gasteiger partial charge in [0.15, 0.2) is 0 Å². The number of alkyl halides is 6. The van der Waals surface area contributed by atoms with E-state index in [0.717, 1.165) is 12.5 Å². The topological polar surface area (TPSA) is 26.0 Å². The first-order valence-electron chi connectivity index (χ1n) is 6.11. The largest absolute Gasteiger partial charge is 0.416 e. The Bertz CT molecular complexity index is 449. The Morgan fingerprint density at radius 2 is 1.65 bits per heavy atom. The van der Waals surface area contributed by atoms with Gasteiger partial charge in [-0.15, -0.1) is 0 Å². The minimum Gasteiger partial charge on any atom is -0.324 e. The zero-order valence-corrected chi connectivity index (χ0v) is 10.8. The van der Waals surface area contributed by atoms with Crippen molar-refractivity contribution in [2.75, 3.05) is 0 Å². The van der Waals surface area contributed by atoms with Crippen LogP contribution in [0.4, 0.5) is 26.3 Å². The monoisotopic (exact) mass is 299 g/mol. The summed E-state index contributed by atoms with van der Waals surface area (Å²) in [5.41, 5.74) is 2.73. The molecule has 0 radical (unpaired) electrons. The minimum absolute atomic E-state index is 0.126. The van der Waals surface area contributed by atoms with Crippen LogP contribution >= 0.6 is 0 Å². The van der Waals surface area contributed by atoms with Gasteiger partial charge in [-0.1, -0.05) is 25.8 Å². The molecule has 0 spiro atoms. The van der Waals surface area contributed by atoms with E-state index in [-0.39, 0.29) is 11.6 Å². The fraction of sp³-hybridized carbons (Fsp3) is 0.538. The average molecular weight is 299 g/mol. The smallest absolute Gasteiger partial charge is 0.324 e. The van der Waals surface area contributed by atoms with Crippen LogP contribution in [0.2, 0.25) is 0 Å². The summed E-state index contributed by atoms with van der Waals surface area (Å²) in [6.07, 6.45) is -8.02. The van der Waals surface area contributed by atoms with Crippen molar-refractivity contribution in [2.24, 2.45) is 5.73 Å². The maximum atomic E-state index is 12.9. The van der Waals surface area contributed by atoms with Crippen LogP contribution in [0, 0.1) is 0 Å². The summed E-state index contributed by atoms with van der Waals surface area (Å²) in [6, 6.07) is 0.664. The molecule has 7 heteroatoms. The average Bonchev–Trinajstić information content (AvgIpc) is 2.33. The van der Waals surface area contributed by atoms with Crippen molar-refractivity contribution in [3.63, 3.8) is 0 Å². The first-order valence-corrected chi connectivity index (χ1v) is 6.11. The standard InChI is InChI=1S/C13H15F6N/c1-2-3-4-11(20)9-6-5-8(12(14,15)16)7-10(9)13(17,18)19/h5-7,11H,2-4,20H2,1H3/t11-/m0/s1. The zero-order chi connectivity index (χ0) is 15.6. The van der Waals surface area contributed by atoms with Crippen molar-refractivity contribution in [3.8, 4) is 0 Å². The highest BCUT2D eigenvalue weighted by Crippen LogP contribution is 2.39. The summed E-state index contributed by atoms with van der Waals surface area (Å²) in [6.45, 7) is 1.85. The second kappa shape index (κ2) is 6.03. The van der Waals surface area contributed by atoms with Crippen LogP contribution in [0.25, 0.3) is 0 Å². The van der Waals surface area contributed by atoms with Gasteiger partial charge < -0.3 is 5.73 Å². The summed E-state index contributed by atoms with van der Waals surface area (Å²) in [5, 5.41) is 0. The Kier molecular flexibility index (Phi) is 5.07. The normalized spacial score (nSPS) is 14.4. The van der Waals surface area contributed by atoms with E-state index in [9.17, 15) is 26.3 Å². The molecule has 0 saturated heterocycles. The fourth-order valence-corrected chi connectivity index (χ4v) is 1.88. The summed E-state index contributed by atoms with van der Waals surface area (Å²) in [4.78, 5) is 0. The Morgan fingerprint density at radius 3 is 2.10 bits per heavy atom. The number of hydrogen-bond donors (Lipinski definition) is 1. The van der Waals surface area contributed by atoms with Crippen molar-refractivity contribution in [3.05, 3.63) is 34.9 Å². The molecule has 0 fully saturated rings. The van der Waals surface area contributed by atoms with Gasteiger partial charge in [-0.3, -0.25) is 0 Å². The van der Waals surface area contributed by atoms with Gasteiger partial charge in [0, 0.05) is 6.04 Å². The third kappa shape index (κ3) is 4.13. The van der Waals surface area contributed by atoms with Crippen LogP contribution < -0.4 is 5.73 Å². The molecule has 1 atom stereocenters. The molecule has 1 nitrogen and oxygen atoms in total. The molecule has 0 heterocycles. The lowest BCUT2D eigenvalue weighted by Gasteiger charge is -2.20. The predicted octanol–water partition coefficient (Wildman–Crippen LogP) is 4.91. The maximum Gasteiger partial charge on any atom is 0.416 e. The number of benzene rings is 1. The van der Waals surface area contributed by atoms with Crippen molar-refractivity contribution in [2.45, 2.75) is 44.6 Å². The molecule has 1 aromatic rings. The third-order valence-corrected chi connectivity index (χ3v) is 2.95. The molecular formula is C13H15F6N. The van der Waals surface area contributed by atoms with Gasteiger partial charge in [-0.2, -0.15) is 26.3 Å². The first kappa shape index (κ1) is 16.8. The molecule has 0 aromatic heterocycles. The van der Waals surface area contributed by atoms with E-state index in [1.165, 1.54) is 0 Å². The Balaban J connectivity index is 3.24. The molecule has 0 aliphatic heterocycles. The number of hydrogen-bond acceptors (Lipinski definition) is 1. The second-order valence-corrected chi connectivity index (χ2v) is 4.55. The van der Waals surface area contributed by atoms with Crippen LogP contribution in [0.5, 0.6) is 0 Å². The van der Waals surface area contributed by atoms with Crippen LogP contribution in [-0.2, 0) is 12.4 Å². The van der Waals surface area contributed by atoms with Gasteiger partial charge in [-0.05, 0) is 24.1 Å². The highest BCUT2D eigenvalue weighted by atomic mass is 19.4. The lowest BCUT2D eigenvalue weighted by Crippen LogP contribution is -2.19. The molecule has 0 unspecified atom stereocenters. The summed E-state index contributed by atoms with van der Waals surface area (Å²) in [7, 11) is 0. The first-order chi connectivity index (χ1) is 9.07. The molecule has 0 amide bonds. The number of halogens is 6. The van der Waals surface area contributed by atoms with E-state index in [1.807, 2.05) is 6.92 Å². The number of unbranched alkanes of at least 4 members (excludes halogenated alkanes) is 1. The molecule has 1 rings (SSSR count). The Morgan fingerprint density at radius 1 is 1.05 bits per heavy atom. The van der Waals surface area contributed by atoms with Crippen molar-refractivity contribution in [1.82, 2.24) is 0 Å². The van der Waals surface area contributed by atoms with Crippen LogP contribution in [0.3, 0.4) is 0 Å². The minimum atomic E-state index is -4.86. The lowest BCUT2D eigenvalue weighted by molar-refractivity contribution is -0.143. The molecule has 0 saturated carbocycles. The molecule has 114 valence electrons. The maximum absolute atomic E-state index is 12.9. The van der Waals surface area contributed by atoms with Crippen molar-refractivity contribution in [1.29, 1.82) is 0 Å². The number of nitrogens with two attached hydrogens (primary N) is 1.